The average molecular weight is 546 g/mol. The van der Waals surface area contributed by atoms with Crippen LogP contribution in [-0.2, 0) is 9.53 Å². The van der Waals surface area contributed by atoms with Crippen LogP contribution in [0.3, 0.4) is 0 Å². The van der Waals surface area contributed by atoms with Gasteiger partial charge in [0.1, 0.15) is 16.4 Å². The maximum Gasteiger partial charge on any atom is 0.293 e. The van der Waals surface area contributed by atoms with E-state index in [-0.39, 0.29) is 20.5 Å². The van der Waals surface area contributed by atoms with Crippen LogP contribution in [0.15, 0.2) is 47.3 Å². The molecule has 0 N–H and O–H groups in total. The number of rotatable bonds is 5. The van der Waals surface area contributed by atoms with Crippen LogP contribution in [0.5, 0.6) is 0 Å². The number of benzene rings is 2. The zero-order valence-electron chi connectivity index (χ0n) is 21.5. The van der Waals surface area contributed by atoms with E-state index >= 15 is 0 Å². The Labute approximate surface area is 228 Å². The second-order valence-electron chi connectivity index (χ2n) is 9.48. The second-order valence-corrected chi connectivity index (χ2v) is 10.5. The van der Waals surface area contributed by atoms with Gasteiger partial charge in [-0.25, -0.2) is 0 Å². The Hall–Kier alpha value is -4.27. The highest BCUT2D eigenvalue weighted by Crippen LogP contribution is 2.30. The van der Waals surface area contributed by atoms with Gasteiger partial charge >= 0.3 is 0 Å². The first-order valence-corrected chi connectivity index (χ1v) is 13.5. The van der Waals surface area contributed by atoms with Gasteiger partial charge in [-0.05, 0) is 49.6 Å². The number of likely N-dealkylation sites (tertiary alicyclic amines) is 1. The fourth-order valence-electron chi connectivity index (χ4n) is 4.84. The van der Waals surface area contributed by atoms with E-state index in [9.17, 15) is 25.0 Å². The first-order chi connectivity index (χ1) is 18.9. The third-order valence-corrected chi connectivity index (χ3v) is 7.99. The molecule has 10 nitrogen and oxygen atoms in total. The van der Waals surface area contributed by atoms with Crippen molar-refractivity contribution in [1.82, 2.24) is 9.47 Å². The van der Waals surface area contributed by atoms with Gasteiger partial charge in [0.05, 0.1) is 28.4 Å². The molecule has 2 fully saturated rings. The molecule has 2 saturated heterocycles. The highest BCUT2D eigenvalue weighted by Gasteiger charge is 2.25. The molecule has 0 atom stereocenters. The number of hydrogen-bond acceptors (Lipinski definition) is 8. The molecule has 2 aliphatic rings. The van der Waals surface area contributed by atoms with E-state index in [1.807, 2.05) is 30.0 Å². The summed E-state index contributed by atoms with van der Waals surface area (Å²) in [6.07, 6.45) is 3.32. The number of thiazole rings is 1. The summed E-state index contributed by atoms with van der Waals surface area (Å²) in [5.74, 6) is -0.394. The SMILES string of the molecule is Cc1ccc(-n2c(=C(C#N)C(=O)N3CCCC3)sc(=Cc3ccc(N4CCOCC4)c([N+](=O)[O-])c3)c2=O)cc1. The predicted molar refractivity (Wildman–Crippen MR) is 148 cm³/mol. The molecule has 0 unspecified atom stereocenters. The van der Waals surface area contributed by atoms with Gasteiger partial charge in [-0.2, -0.15) is 5.26 Å². The van der Waals surface area contributed by atoms with Crippen molar-refractivity contribution in [2.75, 3.05) is 44.3 Å². The molecule has 0 saturated carbocycles. The number of hydrogen-bond donors (Lipinski definition) is 0. The highest BCUT2D eigenvalue weighted by molar-refractivity contribution is 7.07. The number of nitro groups is 1. The van der Waals surface area contributed by atoms with Crippen molar-refractivity contribution in [2.24, 2.45) is 0 Å². The molecule has 0 bridgehead atoms. The smallest absolute Gasteiger partial charge is 0.293 e. The maximum absolute atomic E-state index is 13.7. The lowest BCUT2D eigenvalue weighted by molar-refractivity contribution is -0.384. The number of carbonyl (C=O) groups excluding carboxylic acids is 1. The molecule has 0 radical (unpaired) electrons. The van der Waals surface area contributed by atoms with E-state index < -0.39 is 16.4 Å². The Balaban J connectivity index is 1.69. The number of amides is 1. The van der Waals surface area contributed by atoms with Gasteiger partial charge in [-0.1, -0.05) is 23.8 Å². The molecule has 2 aromatic carbocycles. The maximum atomic E-state index is 13.7. The topological polar surface area (TPSA) is 122 Å². The molecule has 11 heteroatoms. The summed E-state index contributed by atoms with van der Waals surface area (Å²) in [5, 5.41) is 22.0. The van der Waals surface area contributed by atoms with Gasteiger partial charge in [0.25, 0.3) is 17.2 Å². The number of carbonyl (C=O) groups is 1. The Morgan fingerprint density at radius 1 is 1.10 bits per heavy atom. The number of anilines is 1. The number of ether oxygens (including phenoxy) is 1. The zero-order valence-corrected chi connectivity index (χ0v) is 22.3. The summed E-state index contributed by atoms with van der Waals surface area (Å²) >= 11 is 1.04. The van der Waals surface area contributed by atoms with Crippen molar-refractivity contribution < 1.29 is 14.5 Å². The number of nitro benzene ring substituents is 1. The van der Waals surface area contributed by atoms with E-state index in [0.29, 0.717) is 56.3 Å². The molecular weight excluding hydrogens is 518 g/mol. The van der Waals surface area contributed by atoms with Gasteiger partial charge in [-0.3, -0.25) is 24.3 Å². The highest BCUT2D eigenvalue weighted by atomic mass is 32.1. The summed E-state index contributed by atoms with van der Waals surface area (Å²) in [7, 11) is 0. The van der Waals surface area contributed by atoms with Crippen LogP contribution in [-0.4, -0.2) is 59.7 Å². The van der Waals surface area contributed by atoms with Crippen molar-refractivity contribution in [3.8, 4) is 11.8 Å². The van der Waals surface area contributed by atoms with E-state index in [2.05, 4.69) is 0 Å². The van der Waals surface area contributed by atoms with E-state index in [1.54, 1.807) is 35.2 Å². The third-order valence-electron chi connectivity index (χ3n) is 6.89. The molecule has 1 amide bonds. The predicted octanol–water partition coefficient (Wildman–Crippen LogP) is 2.08. The molecule has 2 aliphatic heterocycles. The van der Waals surface area contributed by atoms with Gasteiger partial charge in [-0.15, -0.1) is 11.3 Å². The molecular formula is C28H27N5O5S. The number of aromatic nitrogens is 1. The quantitative estimate of drug-likeness (QED) is 0.355. The fraction of sp³-hybridized carbons (Fsp3) is 0.321. The number of nitriles is 1. The summed E-state index contributed by atoms with van der Waals surface area (Å²) in [6, 6.07) is 14.2. The number of morpholine rings is 1. The minimum atomic E-state index is -0.428. The molecule has 3 heterocycles. The summed E-state index contributed by atoms with van der Waals surface area (Å²) in [6.45, 7) is 5.17. The second kappa shape index (κ2) is 11.2. The minimum Gasteiger partial charge on any atom is -0.378 e. The lowest BCUT2D eigenvalue weighted by Crippen LogP contribution is -2.36. The molecule has 3 aromatic rings. The lowest BCUT2D eigenvalue weighted by Gasteiger charge is -2.28. The van der Waals surface area contributed by atoms with Crippen LogP contribution < -0.4 is 19.7 Å². The summed E-state index contributed by atoms with van der Waals surface area (Å²) < 4.78 is 7.26. The van der Waals surface area contributed by atoms with Crippen molar-refractivity contribution in [1.29, 1.82) is 5.26 Å². The van der Waals surface area contributed by atoms with E-state index in [1.165, 1.54) is 10.6 Å². The van der Waals surface area contributed by atoms with Crippen LogP contribution in [0.2, 0.25) is 0 Å². The number of aryl methyl sites for hydroxylation is 1. The molecule has 200 valence electrons. The van der Waals surface area contributed by atoms with E-state index in [4.69, 9.17) is 4.74 Å². The van der Waals surface area contributed by atoms with Gasteiger partial charge in [0.2, 0.25) is 0 Å². The summed E-state index contributed by atoms with van der Waals surface area (Å²) in [5.41, 5.74) is 1.96. The normalized spacial score (nSPS) is 16.8. The van der Waals surface area contributed by atoms with Gasteiger partial charge in [0, 0.05) is 32.2 Å². The van der Waals surface area contributed by atoms with Crippen LogP contribution >= 0.6 is 11.3 Å². The Bertz CT molecular complexity index is 1640. The van der Waals surface area contributed by atoms with Crippen molar-refractivity contribution in [2.45, 2.75) is 19.8 Å². The van der Waals surface area contributed by atoms with E-state index in [0.717, 1.165) is 29.7 Å². The lowest BCUT2D eigenvalue weighted by atomic mass is 10.1. The minimum absolute atomic E-state index is 0.0604. The number of nitrogens with zero attached hydrogens (tertiary/aromatic N) is 5. The first-order valence-electron chi connectivity index (χ1n) is 12.7. The molecule has 0 aliphatic carbocycles. The summed E-state index contributed by atoms with van der Waals surface area (Å²) in [4.78, 5) is 42.0. The monoisotopic (exact) mass is 545 g/mol. The van der Waals surface area contributed by atoms with Crippen molar-refractivity contribution >= 4 is 40.3 Å². The average Bonchev–Trinajstić information content (AvgIpc) is 3.59. The fourth-order valence-corrected chi connectivity index (χ4v) is 5.94. The Morgan fingerprint density at radius 3 is 2.44 bits per heavy atom. The van der Waals surface area contributed by atoms with Crippen molar-refractivity contribution in [3.63, 3.8) is 0 Å². The van der Waals surface area contributed by atoms with Crippen LogP contribution in [0.1, 0.15) is 24.0 Å². The molecule has 1 aromatic heterocycles. The van der Waals surface area contributed by atoms with Gasteiger partial charge < -0.3 is 14.5 Å². The molecule has 5 rings (SSSR count). The van der Waals surface area contributed by atoms with Crippen LogP contribution in [0.4, 0.5) is 11.4 Å². The first kappa shape index (κ1) is 26.3. The largest absolute Gasteiger partial charge is 0.378 e. The molecule has 0 spiro atoms. The zero-order chi connectivity index (χ0) is 27.5. The van der Waals surface area contributed by atoms with Crippen LogP contribution in [0, 0.1) is 28.4 Å². The van der Waals surface area contributed by atoms with Gasteiger partial charge in [0.15, 0.2) is 5.57 Å². The Morgan fingerprint density at radius 2 is 1.79 bits per heavy atom. The van der Waals surface area contributed by atoms with Crippen molar-refractivity contribution in [3.05, 3.63) is 83.3 Å². The Kier molecular flexibility index (Phi) is 7.58. The molecule has 39 heavy (non-hydrogen) atoms. The third kappa shape index (κ3) is 5.34. The standard InChI is InChI=1S/C28H27N5O5S/c1-19-4-7-21(8-5-19)32-27(35)25(39-28(32)22(18-29)26(34)31-10-2-3-11-31)17-20-6-9-23(24(16-20)33(36)37)30-12-14-38-15-13-30/h4-9,16-17H,2-3,10-15H2,1H3. The van der Waals surface area contributed by atoms with Crippen LogP contribution in [0.25, 0.3) is 17.3 Å².